The van der Waals surface area contributed by atoms with Gasteiger partial charge in [-0.05, 0) is 44.1 Å². The molecular formula is C28H36Cl2N4O4. The number of ether oxygens (including phenoxy) is 1. The van der Waals surface area contributed by atoms with Crippen LogP contribution in [0.4, 0.5) is 5.69 Å². The molecule has 1 aliphatic carbocycles. The molecular weight excluding hydrogens is 527 g/mol. The Morgan fingerprint density at radius 1 is 1.11 bits per heavy atom. The summed E-state index contributed by atoms with van der Waals surface area (Å²) >= 11 is 12.2. The van der Waals surface area contributed by atoms with E-state index in [1.54, 1.807) is 23.1 Å². The molecule has 3 fully saturated rings. The number of hydrogen-bond acceptors (Lipinski definition) is 5. The number of nitrogens with zero attached hydrogens (tertiary/aromatic N) is 2. The lowest BCUT2D eigenvalue weighted by molar-refractivity contribution is -0.141. The van der Waals surface area contributed by atoms with Gasteiger partial charge in [-0.1, -0.05) is 68.5 Å². The molecule has 5 rings (SSSR count). The zero-order valence-electron chi connectivity index (χ0n) is 21.9. The predicted octanol–water partition coefficient (Wildman–Crippen LogP) is 3.87. The molecule has 1 saturated carbocycles. The smallest absolute Gasteiger partial charge is 0.246 e. The van der Waals surface area contributed by atoms with Crippen molar-refractivity contribution in [2.45, 2.75) is 69.7 Å². The SMILES string of the molecule is CCN(CC)CCN1C(=O)C2C(C(=O)Nc3ccc(Cl)c(Cl)c3)C3C=CC2(O3)C1C(=O)NC1CCCCC1. The van der Waals surface area contributed by atoms with Gasteiger partial charge in [-0.2, -0.15) is 0 Å². The maximum absolute atomic E-state index is 14.0. The van der Waals surface area contributed by atoms with Gasteiger partial charge in [-0.15, -0.1) is 0 Å². The fourth-order valence-electron chi connectivity index (χ4n) is 6.62. The van der Waals surface area contributed by atoms with Crippen LogP contribution < -0.4 is 10.6 Å². The lowest BCUT2D eigenvalue weighted by Gasteiger charge is -2.34. The van der Waals surface area contributed by atoms with Crippen molar-refractivity contribution in [2.75, 3.05) is 31.5 Å². The number of likely N-dealkylation sites (N-methyl/N-ethyl adjacent to an activating group) is 1. The van der Waals surface area contributed by atoms with Gasteiger partial charge < -0.3 is 25.2 Å². The normalized spacial score (nSPS) is 30.2. The Morgan fingerprint density at radius 3 is 2.53 bits per heavy atom. The van der Waals surface area contributed by atoms with E-state index in [0.29, 0.717) is 28.8 Å². The average molecular weight is 564 g/mol. The van der Waals surface area contributed by atoms with Crippen LogP contribution in [0.5, 0.6) is 0 Å². The number of likely N-dealkylation sites (tertiary alicyclic amines) is 1. The van der Waals surface area contributed by atoms with Gasteiger partial charge in [-0.3, -0.25) is 14.4 Å². The van der Waals surface area contributed by atoms with Crippen molar-refractivity contribution < 1.29 is 19.1 Å². The van der Waals surface area contributed by atoms with Crippen molar-refractivity contribution in [3.63, 3.8) is 0 Å². The number of hydrogen-bond donors (Lipinski definition) is 2. The first kappa shape index (κ1) is 27.4. The molecule has 1 aromatic carbocycles. The quantitative estimate of drug-likeness (QED) is 0.446. The molecule has 2 bridgehead atoms. The molecule has 0 radical (unpaired) electrons. The van der Waals surface area contributed by atoms with Gasteiger partial charge in [0.15, 0.2) is 0 Å². The number of fused-ring (bicyclic) bond motifs is 1. The van der Waals surface area contributed by atoms with Crippen molar-refractivity contribution in [1.82, 2.24) is 15.1 Å². The number of anilines is 1. The number of halogens is 2. The Kier molecular flexibility index (Phi) is 8.06. The molecule has 2 N–H and O–H groups in total. The van der Waals surface area contributed by atoms with E-state index >= 15 is 0 Å². The van der Waals surface area contributed by atoms with Crippen molar-refractivity contribution in [3.8, 4) is 0 Å². The molecule has 38 heavy (non-hydrogen) atoms. The highest BCUT2D eigenvalue weighted by atomic mass is 35.5. The molecule has 3 aliphatic heterocycles. The first-order valence-corrected chi connectivity index (χ1v) is 14.5. The fourth-order valence-corrected chi connectivity index (χ4v) is 6.92. The summed E-state index contributed by atoms with van der Waals surface area (Å²) in [6, 6.07) is 4.14. The maximum Gasteiger partial charge on any atom is 0.246 e. The molecule has 2 saturated heterocycles. The molecule has 1 aromatic rings. The maximum atomic E-state index is 14.0. The van der Waals surface area contributed by atoms with E-state index < -0.39 is 29.6 Å². The van der Waals surface area contributed by atoms with Gasteiger partial charge in [0.25, 0.3) is 0 Å². The van der Waals surface area contributed by atoms with Crippen molar-refractivity contribution in [3.05, 3.63) is 40.4 Å². The monoisotopic (exact) mass is 562 g/mol. The minimum absolute atomic E-state index is 0.0998. The topological polar surface area (TPSA) is 91.0 Å². The zero-order valence-corrected chi connectivity index (χ0v) is 23.4. The van der Waals surface area contributed by atoms with Crippen LogP contribution in [0.3, 0.4) is 0 Å². The number of amides is 3. The van der Waals surface area contributed by atoms with Gasteiger partial charge in [0, 0.05) is 24.8 Å². The highest BCUT2D eigenvalue weighted by Crippen LogP contribution is 2.55. The Morgan fingerprint density at radius 2 is 1.84 bits per heavy atom. The summed E-state index contributed by atoms with van der Waals surface area (Å²) in [4.78, 5) is 45.3. The van der Waals surface area contributed by atoms with Crippen LogP contribution in [-0.4, -0.2) is 77.5 Å². The average Bonchev–Trinajstić information content (AvgIpc) is 3.55. The van der Waals surface area contributed by atoms with Crippen molar-refractivity contribution in [2.24, 2.45) is 11.8 Å². The minimum atomic E-state index is -1.16. The summed E-state index contributed by atoms with van der Waals surface area (Å²) < 4.78 is 6.43. The third-order valence-corrected chi connectivity index (χ3v) is 9.35. The zero-order chi connectivity index (χ0) is 27.0. The van der Waals surface area contributed by atoms with Gasteiger partial charge in [0.05, 0.1) is 28.0 Å². The van der Waals surface area contributed by atoms with Gasteiger partial charge in [0.1, 0.15) is 11.6 Å². The first-order chi connectivity index (χ1) is 18.3. The number of carbonyl (C=O) groups is 3. The molecule has 0 aromatic heterocycles. The summed E-state index contributed by atoms with van der Waals surface area (Å²) in [7, 11) is 0. The molecule has 10 heteroatoms. The van der Waals surface area contributed by atoms with Crippen molar-refractivity contribution >= 4 is 46.6 Å². The third-order valence-electron chi connectivity index (χ3n) is 8.62. The predicted molar refractivity (Wildman–Crippen MR) is 147 cm³/mol. The Bertz CT molecular complexity index is 1120. The first-order valence-electron chi connectivity index (χ1n) is 13.7. The largest absolute Gasteiger partial charge is 0.359 e. The molecule has 4 aliphatic rings. The van der Waals surface area contributed by atoms with Gasteiger partial charge in [-0.25, -0.2) is 0 Å². The molecule has 1 spiro atoms. The van der Waals surface area contributed by atoms with Crippen LogP contribution in [0.25, 0.3) is 0 Å². The Labute approximate surface area is 234 Å². The van der Waals surface area contributed by atoms with Crippen molar-refractivity contribution in [1.29, 1.82) is 0 Å². The van der Waals surface area contributed by atoms with E-state index in [1.807, 2.05) is 12.2 Å². The van der Waals surface area contributed by atoms with Crippen LogP contribution in [0.15, 0.2) is 30.4 Å². The number of nitrogens with one attached hydrogen (secondary N) is 2. The lowest BCUT2D eigenvalue weighted by atomic mass is 9.74. The minimum Gasteiger partial charge on any atom is -0.359 e. The highest BCUT2D eigenvalue weighted by molar-refractivity contribution is 6.42. The highest BCUT2D eigenvalue weighted by Gasteiger charge is 2.72. The Balaban J connectivity index is 1.42. The van der Waals surface area contributed by atoms with E-state index in [4.69, 9.17) is 27.9 Å². The van der Waals surface area contributed by atoms with Gasteiger partial charge in [0.2, 0.25) is 17.7 Å². The third kappa shape index (κ3) is 4.85. The van der Waals surface area contributed by atoms with Crippen LogP contribution in [-0.2, 0) is 19.1 Å². The summed E-state index contributed by atoms with van der Waals surface area (Å²) in [5.41, 5.74) is -0.677. The summed E-state index contributed by atoms with van der Waals surface area (Å²) in [5, 5.41) is 6.82. The summed E-state index contributed by atoms with van der Waals surface area (Å²) in [6.45, 7) is 6.88. The van der Waals surface area contributed by atoms with Crippen LogP contribution in [0.1, 0.15) is 46.0 Å². The van der Waals surface area contributed by atoms with Crippen LogP contribution >= 0.6 is 23.2 Å². The molecule has 206 valence electrons. The van der Waals surface area contributed by atoms with Crippen LogP contribution in [0.2, 0.25) is 10.0 Å². The summed E-state index contributed by atoms with van der Waals surface area (Å²) in [5.74, 6) is -2.27. The van der Waals surface area contributed by atoms with E-state index in [1.165, 1.54) is 6.42 Å². The lowest BCUT2D eigenvalue weighted by Crippen LogP contribution is -2.57. The molecule has 8 nitrogen and oxygen atoms in total. The number of carbonyl (C=O) groups excluding carboxylic acids is 3. The second-order valence-electron chi connectivity index (χ2n) is 10.7. The Hall–Kier alpha value is -2.13. The van der Waals surface area contributed by atoms with E-state index in [-0.39, 0.29) is 23.8 Å². The number of rotatable bonds is 9. The molecule has 5 unspecified atom stereocenters. The fraction of sp³-hybridized carbons (Fsp3) is 0.607. The van der Waals surface area contributed by atoms with E-state index in [2.05, 4.69) is 29.4 Å². The van der Waals surface area contributed by atoms with Crippen LogP contribution in [0, 0.1) is 11.8 Å². The van der Waals surface area contributed by atoms with E-state index in [0.717, 1.165) is 38.8 Å². The summed E-state index contributed by atoms with van der Waals surface area (Å²) in [6.07, 6.45) is 8.34. The second-order valence-corrected chi connectivity index (χ2v) is 11.5. The molecule has 5 atom stereocenters. The molecule has 3 heterocycles. The van der Waals surface area contributed by atoms with E-state index in [9.17, 15) is 14.4 Å². The second kappa shape index (κ2) is 11.2. The molecule has 3 amide bonds. The standard InChI is InChI=1S/C28H36Cl2N4O4/c1-3-33(4-2)14-15-34-24(26(36)31-17-8-6-5-7-9-17)28-13-12-21(38-28)22(23(28)27(34)37)25(35)32-18-10-11-19(29)20(30)16-18/h10-13,16-17,21-24H,3-9,14-15H2,1-2H3,(H,31,36)(H,32,35). The number of benzene rings is 1. The van der Waals surface area contributed by atoms with Gasteiger partial charge >= 0.3 is 0 Å².